The molecule has 5 rings (SSSR count). The van der Waals surface area contributed by atoms with Crippen LogP contribution in [0.5, 0.6) is 0 Å². The van der Waals surface area contributed by atoms with Gasteiger partial charge in [0.25, 0.3) is 0 Å². The number of fused-ring (bicyclic) bond motifs is 2. The van der Waals surface area contributed by atoms with Crippen molar-refractivity contribution in [3.8, 4) is 0 Å². The molecule has 5 aromatic rings. The Morgan fingerprint density at radius 3 is 2.00 bits per heavy atom. The van der Waals surface area contributed by atoms with Gasteiger partial charge in [0.2, 0.25) is 0 Å². The van der Waals surface area contributed by atoms with E-state index in [9.17, 15) is 0 Å². The van der Waals surface area contributed by atoms with Gasteiger partial charge in [-0.05, 0) is 49.2 Å². The van der Waals surface area contributed by atoms with Gasteiger partial charge < -0.3 is 0 Å². The first kappa shape index (κ1) is 4.46. The van der Waals surface area contributed by atoms with Crippen LogP contribution >= 0.6 is 0 Å². The third-order valence-corrected chi connectivity index (χ3v) is 3.50. The quantitative estimate of drug-likeness (QED) is 0.254. The van der Waals surface area contributed by atoms with Gasteiger partial charge in [0.1, 0.15) is 0 Å². The molecule has 0 saturated carbocycles. The van der Waals surface area contributed by atoms with Crippen LogP contribution in [0, 0.1) is 6.07 Å². The maximum Gasteiger partial charge on any atom is 0.0630 e. The zero-order valence-electron chi connectivity index (χ0n) is 21.0. The Morgan fingerprint density at radius 1 is 0.650 bits per heavy atom. The first-order chi connectivity index (χ1) is 14.5. The highest BCUT2D eigenvalue weighted by atomic mass is 14.1. The predicted octanol–water partition coefficient (Wildman–Crippen LogP) is 5.54. The Bertz CT molecular complexity index is 1630. The van der Waals surface area contributed by atoms with E-state index in [-0.39, 0.29) is 49.1 Å². The van der Waals surface area contributed by atoms with Crippen molar-refractivity contribution in [3.05, 3.63) is 72.5 Å². The monoisotopic (exact) mass is 262 g/mol. The minimum absolute atomic E-state index is 0.0109. The number of rotatable bonds is 0. The second-order valence-corrected chi connectivity index (χ2v) is 4.50. The summed E-state index contributed by atoms with van der Waals surface area (Å²) < 4.78 is 91.4. The second-order valence-electron chi connectivity index (χ2n) is 4.50. The maximum absolute atomic E-state index is 8.50. The highest BCUT2D eigenvalue weighted by Crippen LogP contribution is 2.39. The van der Waals surface area contributed by atoms with Crippen LogP contribution in [0.3, 0.4) is 0 Å². The van der Waals surface area contributed by atoms with Crippen LogP contribution in [0.1, 0.15) is 15.1 Å². The lowest BCUT2D eigenvalue weighted by atomic mass is 9.90. The summed E-state index contributed by atoms with van der Waals surface area (Å²) in [6.45, 7) is 0. The number of hydrogen-bond donors (Lipinski definition) is 0. The summed E-state index contributed by atoms with van der Waals surface area (Å²) in [5, 5.41) is -0.0207. The van der Waals surface area contributed by atoms with Crippen molar-refractivity contribution >= 4 is 43.1 Å². The molecule has 0 bridgehead atoms. The first-order valence-electron chi connectivity index (χ1n) is 11.5. The standard InChI is InChI=1S/C20H11/c1-5-13-6-2-11-17-18-12-4-8-14-7-3-10-16(20(14)18)15(9-1)19(13)17/h1-11H/i1D,2D,3D,4D,5D,6D,7D,8D,9D,10D,11D. The van der Waals surface area contributed by atoms with Crippen molar-refractivity contribution in [1.29, 1.82) is 0 Å². The molecule has 0 aromatic heterocycles. The summed E-state index contributed by atoms with van der Waals surface area (Å²) in [4.78, 5) is 0. The van der Waals surface area contributed by atoms with Gasteiger partial charge in [-0.1, -0.05) is 66.5 Å². The fourth-order valence-electron chi connectivity index (χ4n) is 2.69. The molecule has 0 nitrogen and oxygen atoms in total. The molecule has 0 atom stereocenters. The molecule has 0 heterocycles. The van der Waals surface area contributed by atoms with E-state index in [1.807, 2.05) is 0 Å². The van der Waals surface area contributed by atoms with E-state index < -0.39 is 60.4 Å². The average molecular weight is 262 g/mol. The summed E-state index contributed by atoms with van der Waals surface area (Å²) in [6, 6.07) is -2.24. The molecule has 5 aromatic carbocycles. The second kappa shape index (κ2) is 3.49. The topological polar surface area (TPSA) is 0 Å². The molecule has 0 unspecified atom stereocenters. The maximum atomic E-state index is 8.50. The van der Waals surface area contributed by atoms with Gasteiger partial charge in [-0.2, -0.15) is 0 Å². The van der Waals surface area contributed by atoms with E-state index in [0.29, 0.717) is 0 Å². The van der Waals surface area contributed by atoms with Crippen molar-refractivity contribution in [2.75, 3.05) is 0 Å². The summed E-state index contributed by atoms with van der Waals surface area (Å²) in [7, 11) is 0. The van der Waals surface area contributed by atoms with Crippen molar-refractivity contribution in [2.24, 2.45) is 0 Å². The van der Waals surface area contributed by atoms with Crippen LogP contribution in [0.2, 0.25) is 0 Å². The van der Waals surface area contributed by atoms with Gasteiger partial charge in [-0.3, -0.25) is 0 Å². The van der Waals surface area contributed by atoms with Crippen molar-refractivity contribution in [1.82, 2.24) is 0 Å². The summed E-state index contributed by atoms with van der Waals surface area (Å²) >= 11 is 0. The van der Waals surface area contributed by atoms with Crippen LogP contribution in [0.4, 0.5) is 0 Å². The zero-order chi connectivity index (χ0) is 22.7. The van der Waals surface area contributed by atoms with E-state index in [4.69, 9.17) is 15.1 Å². The smallest absolute Gasteiger partial charge is 0.0610 e. The van der Waals surface area contributed by atoms with E-state index in [1.54, 1.807) is 0 Å². The molecule has 0 aliphatic carbocycles. The normalized spacial score (nSPS) is 19.7. The van der Waals surface area contributed by atoms with E-state index in [2.05, 4.69) is 6.07 Å². The molecule has 0 fully saturated rings. The van der Waals surface area contributed by atoms with Gasteiger partial charge in [-0.25, -0.2) is 0 Å². The Kier molecular flexibility index (Phi) is 0.777. The van der Waals surface area contributed by atoms with Gasteiger partial charge in [-0.15, -0.1) is 0 Å². The van der Waals surface area contributed by atoms with Crippen molar-refractivity contribution in [3.63, 3.8) is 0 Å². The fraction of sp³-hybridized carbons (Fsp3) is 0. The highest BCUT2D eigenvalue weighted by Gasteiger charge is 2.11. The van der Waals surface area contributed by atoms with Crippen LogP contribution in [-0.2, 0) is 0 Å². The molecule has 0 N–H and O–H groups in total. The van der Waals surface area contributed by atoms with Gasteiger partial charge in [0, 0.05) is 0 Å². The third-order valence-electron chi connectivity index (χ3n) is 3.50. The molecule has 20 heavy (non-hydrogen) atoms. The zero-order valence-corrected chi connectivity index (χ0v) is 10.0. The van der Waals surface area contributed by atoms with Crippen molar-refractivity contribution in [2.45, 2.75) is 0 Å². The molecule has 1 radical (unpaired) electrons. The van der Waals surface area contributed by atoms with Crippen LogP contribution in [0.15, 0.2) is 66.5 Å². The van der Waals surface area contributed by atoms with Crippen LogP contribution < -0.4 is 0 Å². The SMILES string of the molecule is [2H]c1[c]c2c3c([2H])c([2H])c([2H])c4c([2H])c([2H])c([2H])c(c5c([2H])c([2H])c([2H])c(c1[2H])c25)c43. The lowest BCUT2D eigenvalue weighted by Crippen LogP contribution is -1.86. The Labute approximate surface area is 132 Å². The molecule has 91 valence electrons. The number of benzene rings is 5. The number of hydrogen-bond acceptors (Lipinski definition) is 0. The van der Waals surface area contributed by atoms with Crippen LogP contribution in [0.25, 0.3) is 43.1 Å². The third kappa shape index (κ3) is 1.12. The van der Waals surface area contributed by atoms with E-state index >= 15 is 0 Å². The van der Waals surface area contributed by atoms with Gasteiger partial charge >= 0.3 is 0 Å². The molecule has 0 amide bonds. The first-order valence-corrected chi connectivity index (χ1v) is 6.00. The lowest BCUT2D eigenvalue weighted by molar-refractivity contribution is 1.78. The lowest BCUT2D eigenvalue weighted by Gasteiger charge is -2.13. The molecule has 0 aliphatic heterocycles. The molecule has 0 aliphatic rings. The average Bonchev–Trinajstić information content (AvgIpc) is 2.73. The summed E-state index contributed by atoms with van der Waals surface area (Å²) in [5.41, 5.74) is 0. The van der Waals surface area contributed by atoms with Gasteiger partial charge in [0.05, 0.1) is 15.1 Å². The predicted molar refractivity (Wildman–Crippen MR) is 86.5 cm³/mol. The molecular weight excluding hydrogens is 240 g/mol. The largest absolute Gasteiger partial charge is 0.0630 e. The summed E-state index contributed by atoms with van der Waals surface area (Å²) in [6.07, 6.45) is 0. The minimum Gasteiger partial charge on any atom is -0.0610 e. The minimum atomic E-state index is -0.524. The van der Waals surface area contributed by atoms with Crippen molar-refractivity contribution < 1.29 is 15.1 Å². The highest BCUT2D eigenvalue weighted by molar-refractivity contribution is 6.32. The van der Waals surface area contributed by atoms with Gasteiger partial charge in [0.15, 0.2) is 0 Å². The Hall–Kier alpha value is -2.60. The van der Waals surface area contributed by atoms with Crippen LogP contribution in [-0.4, -0.2) is 0 Å². The molecular formula is C20H11. The Balaban J connectivity index is 2.41. The van der Waals surface area contributed by atoms with E-state index in [1.165, 1.54) is 0 Å². The Morgan fingerprint density at radius 2 is 1.25 bits per heavy atom. The molecule has 0 saturated heterocycles. The molecule has 0 heteroatoms. The molecule has 0 spiro atoms. The van der Waals surface area contributed by atoms with E-state index in [0.717, 1.165) is 0 Å². The fourth-order valence-corrected chi connectivity index (χ4v) is 2.69. The summed E-state index contributed by atoms with van der Waals surface area (Å²) in [5.74, 6) is 0.